The Morgan fingerprint density at radius 1 is 1.23 bits per heavy atom. The van der Waals surface area contributed by atoms with E-state index in [4.69, 9.17) is 0 Å². The van der Waals surface area contributed by atoms with E-state index in [9.17, 15) is 13.2 Å². The number of amides is 1. The van der Waals surface area contributed by atoms with Gasteiger partial charge >= 0.3 is 0 Å². The summed E-state index contributed by atoms with van der Waals surface area (Å²) in [6.45, 7) is 5.19. The summed E-state index contributed by atoms with van der Waals surface area (Å²) in [5, 5.41) is 11.8. The third kappa shape index (κ3) is 4.11. The number of carbonyl (C=O) groups excluding carboxylic acids is 1. The minimum atomic E-state index is -3.51. The molecule has 0 unspecified atom stereocenters. The molecule has 1 fully saturated rings. The number of hydrogen-bond donors (Lipinski definition) is 1. The summed E-state index contributed by atoms with van der Waals surface area (Å²) in [5.74, 6) is 0.223. The van der Waals surface area contributed by atoms with Crippen LogP contribution in [-0.2, 0) is 16.4 Å². The van der Waals surface area contributed by atoms with Gasteiger partial charge in [0.25, 0.3) is 5.91 Å². The number of sulfonamides is 1. The van der Waals surface area contributed by atoms with Gasteiger partial charge < -0.3 is 0 Å². The molecule has 0 radical (unpaired) electrons. The van der Waals surface area contributed by atoms with Gasteiger partial charge in [0.1, 0.15) is 5.01 Å². The van der Waals surface area contributed by atoms with Crippen molar-refractivity contribution in [3.05, 3.63) is 34.8 Å². The van der Waals surface area contributed by atoms with E-state index in [0.29, 0.717) is 29.7 Å². The molecule has 7 nitrogen and oxygen atoms in total. The Kier molecular flexibility index (Phi) is 5.69. The average molecular weight is 395 g/mol. The SMILES string of the molecule is CCc1nnc(NC(=O)c2ccc(S(=O)(=O)N3CCC(C)CC3)cc2)s1. The van der Waals surface area contributed by atoms with Gasteiger partial charge in [0.15, 0.2) is 0 Å². The van der Waals surface area contributed by atoms with Crippen molar-refractivity contribution in [1.29, 1.82) is 0 Å². The van der Waals surface area contributed by atoms with Crippen LogP contribution in [0.5, 0.6) is 0 Å². The summed E-state index contributed by atoms with van der Waals surface area (Å²) < 4.78 is 26.9. The first kappa shape index (κ1) is 18.9. The van der Waals surface area contributed by atoms with Crippen molar-refractivity contribution < 1.29 is 13.2 Å². The van der Waals surface area contributed by atoms with Gasteiger partial charge in [-0.2, -0.15) is 4.31 Å². The Bertz CT molecular complexity index is 870. The van der Waals surface area contributed by atoms with E-state index in [1.165, 1.54) is 39.9 Å². The van der Waals surface area contributed by atoms with Gasteiger partial charge in [-0.05, 0) is 49.4 Å². The minimum Gasteiger partial charge on any atom is -0.296 e. The van der Waals surface area contributed by atoms with Crippen LogP contribution in [0.4, 0.5) is 5.13 Å². The highest BCUT2D eigenvalue weighted by molar-refractivity contribution is 7.89. The van der Waals surface area contributed by atoms with Gasteiger partial charge in [-0.3, -0.25) is 10.1 Å². The number of aromatic nitrogens is 2. The van der Waals surface area contributed by atoms with Crippen LogP contribution in [-0.4, -0.2) is 41.9 Å². The van der Waals surface area contributed by atoms with E-state index in [1.54, 1.807) is 0 Å². The van der Waals surface area contributed by atoms with E-state index >= 15 is 0 Å². The van der Waals surface area contributed by atoms with Crippen molar-refractivity contribution in [2.24, 2.45) is 5.92 Å². The van der Waals surface area contributed by atoms with Gasteiger partial charge in [0, 0.05) is 18.7 Å². The molecule has 0 spiro atoms. The third-order valence-corrected chi connectivity index (χ3v) is 7.38. The summed E-state index contributed by atoms with van der Waals surface area (Å²) in [6, 6.07) is 6.02. The predicted molar refractivity (Wildman–Crippen MR) is 101 cm³/mol. The summed E-state index contributed by atoms with van der Waals surface area (Å²) >= 11 is 1.33. The number of piperidine rings is 1. The van der Waals surface area contributed by atoms with Crippen molar-refractivity contribution >= 4 is 32.4 Å². The van der Waals surface area contributed by atoms with Crippen molar-refractivity contribution in [3.63, 3.8) is 0 Å². The molecule has 26 heavy (non-hydrogen) atoms. The second kappa shape index (κ2) is 7.81. The molecule has 3 rings (SSSR count). The lowest BCUT2D eigenvalue weighted by atomic mass is 10.0. The molecule has 0 aliphatic carbocycles. The fourth-order valence-electron chi connectivity index (χ4n) is 2.77. The lowest BCUT2D eigenvalue weighted by molar-refractivity contribution is 0.102. The highest BCUT2D eigenvalue weighted by Gasteiger charge is 2.28. The number of nitrogens with zero attached hydrogens (tertiary/aromatic N) is 3. The van der Waals surface area contributed by atoms with Crippen LogP contribution < -0.4 is 5.32 Å². The topological polar surface area (TPSA) is 92.3 Å². The molecule has 1 aliphatic heterocycles. The largest absolute Gasteiger partial charge is 0.296 e. The van der Waals surface area contributed by atoms with Gasteiger partial charge in [0.2, 0.25) is 15.2 Å². The zero-order chi connectivity index (χ0) is 18.7. The van der Waals surface area contributed by atoms with Crippen LogP contribution >= 0.6 is 11.3 Å². The Balaban J connectivity index is 1.70. The summed E-state index contributed by atoms with van der Waals surface area (Å²) in [4.78, 5) is 12.5. The molecule has 9 heteroatoms. The molecule has 140 valence electrons. The zero-order valence-electron chi connectivity index (χ0n) is 14.8. The average Bonchev–Trinajstić information content (AvgIpc) is 3.10. The molecule has 1 aliphatic rings. The zero-order valence-corrected chi connectivity index (χ0v) is 16.4. The van der Waals surface area contributed by atoms with Crippen molar-refractivity contribution in [1.82, 2.24) is 14.5 Å². The second-order valence-electron chi connectivity index (χ2n) is 6.42. The normalized spacial score (nSPS) is 16.5. The highest BCUT2D eigenvalue weighted by Crippen LogP contribution is 2.24. The number of nitrogens with one attached hydrogen (secondary N) is 1. The molecule has 1 aromatic heterocycles. The van der Waals surface area contributed by atoms with Gasteiger partial charge in [-0.1, -0.05) is 25.2 Å². The number of rotatable bonds is 5. The molecule has 2 heterocycles. The maximum absolute atomic E-state index is 12.7. The predicted octanol–water partition coefficient (Wildman–Crippen LogP) is 2.77. The maximum atomic E-state index is 12.7. The molecule has 0 atom stereocenters. The van der Waals surface area contributed by atoms with E-state index in [0.717, 1.165) is 24.3 Å². The van der Waals surface area contributed by atoms with Gasteiger partial charge in [-0.15, -0.1) is 10.2 Å². The number of carbonyl (C=O) groups is 1. The van der Waals surface area contributed by atoms with Crippen LogP contribution in [0.15, 0.2) is 29.2 Å². The fourth-order valence-corrected chi connectivity index (χ4v) is 4.91. The second-order valence-corrected chi connectivity index (χ2v) is 9.42. The van der Waals surface area contributed by atoms with Gasteiger partial charge in [0.05, 0.1) is 4.90 Å². The Morgan fingerprint density at radius 2 is 1.88 bits per heavy atom. The molecule has 0 saturated carbocycles. The number of aryl methyl sites for hydroxylation is 1. The van der Waals surface area contributed by atoms with E-state index in [1.807, 2.05) is 6.92 Å². The van der Waals surface area contributed by atoms with Crippen LogP contribution in [0.3, 0.4) is 0 Å². The molecule has 2 aromatic rings. The van der Waals surface area contributed by atoms with Crippen LogP contribution in [0.1, 0.15) is 42.1 Å². The van der Waals surface area contributed by atoms with E-state index < -0.39 is 10.0 Å². The smallest absolute Gasteiger partial charge is 0.257 e. The van der Waals surface area contributed by atoms with Gasteiger partial charge in [-0.25, -0.2) is 8.42 Å². The lowest BCUT2D eigenvalue weighted by Gasteiger charge is -2.29. The quantitative estimate of drug-likeness (QED) is 0.842. The van der Waals surface area contributed by atoms with Crippen LogP contribution in [0.25, 0.3) is 0 Å². The van der Waals surface area contributed by atoms with Crippen molar-refractivity contribution in [2.75, 3.05) is 18.4 Å². The van der Waals surface area contributed by atoms with E-state index in [-0.39, 0.29) is 10.8 Å². The Morgan fingerprint density at radius 3 is 2.46 bits per heavy atom. The first-order valence-corrected chi connectivity index (χ1v) is 10.9. The van der Waals surface area contributed by atoms with Crippen molar-refractivity contribution in [3.8, 4) is 0 Å². The number of benzene rings is 1. The number of hydrogen-bond acceptors (Lipinski definition) is 6. The highest BCUT2D eigenvalue weighted by atomic mass is 32.2. The lowest BCUT2D eigenvalue weighted by Crippen LogP contribution is -2.37. The molecular weight excluding hydrogens is 372 g/mol. The maximum Gasteiger partial charge on any atom is 0.257 e. The summed E-state index contributed by atoms with van der Waals surface area (Å²) in [6.07, 6.45) is 2.51. The molecule has 1 amide bonds. The monoisotopic (exact) mass is 394 g/mol. The number of anilines is 1. The molecule has 1 N–H and O–H groups in total. The standard InChI is InChI=1S/C17H22N4O3S2/c1-3-15-19-20-17(25-15)18-16(22)13-4-6-14(7-5-13)26(23,24)21-10-8-12(2)9-11-21/h4-7,12H,3,8-11H2,1-2H3,(H,18,20,22). The fraction of sp³-hybridized carbons (Fsp3) is 0.471. The molecule has 0 bridgehead atoms. The minimum absolute atomic E-state index is 0.216. The first-order valence-electron chi connectivity index (χ1n) is 8.64. The van der Waals surface area contributed by atoms with E-state index in [2.05, 4.69) is 22.4 Å². The van der Waals surface area contributed by atoms with Crippen LogP contribution in [0.2, 0.25) is 0 Å². The Labute approximate surface area is 157 Å². The molecule has 1 saturated heterocycles. The molecular formula is C17H22N4O3S2. The van der Waals surface area contributed by atoms with Crippen LogP contribution in [0, 0.1) is 5.92 Å². The summed E-state index contributed by atoms with van der Waals surface area (Å²) in [5.41, 5.74) is 0.379. The molecule has 1 aromatic carbocycles. The van der Waals surface area contributed by atoms with Crippen molar-refractivity contribution in [2.45, 2.75) is 38.0 Å². The third-order valence-electron chi connectivity index (χ3n) is 4.49. The Hall–Kier alpha value is -1.84. The first-order chi connectivity index (χ1) is 12.4. The summed E-state index contributed by atoms with van der Waals surface area (Å²) in [7, 11) is -3.51.